The average molecular weight is 383 g/mol. The summed E-state index contributed by atoms with van der Waals surface area (Å²) in [5.41, 5.74) is 0.921. The molecule has 2 amide bonds. The van der Waals surface area contributed by atoms with Gasteiger partial charge in [0.1, 0.15) is 0 Å². The molecule has 1 aromatic carbocycles. The van der Waals surface area contributed by atoms with E-state index < -0.39 is 11.7 Å². The van der Waals surface area contributed by atoms with Gasteiger partial charge in [0, 0.05) is 24.5 Å². The number of alkyl halides is 3. The number of nitrogens with zero attached hydrogens (tertiary/aromatic N) is 1. The molecule has 26 heavy (non-hydrogen) atoms. The minimum absolute atomic E-state index is 0.00496. The van der Waals surface area contributed by atoms with Crippen LogP contribution in [0.15, 0.2) is 41.6 Å². The second kappa shape index (κ2) is 8.22. The van der Waals surface area contributed by atoms with Gasteiger partial charge in [-0.15, -0.1) is 0 Å². The van der Waals surface area contributed by atoms with Gasteiger partial charge in [-0.05, 0) is 42.8 Å². The van der Waals surface area contributed by atoms with E-state index in [2.05, 4.69) is 15.6 Å². The van der Waals surface area contributed by atoms with Gasteiger partial charge >= 0.3 is 6.18 Å². The Kier molecular flexibility index (Phi) is 6.25. The molecule has 1 aromatic heterocycles. The average Bonchev–Trinajstić information content (AvgIpc) is 2.60. The Balaban J connectivity index is 1.94. The Bertz CT molecular complexity index is 808. The van der Waals surface area contributed by atoms with Crippen molar-refractivity contribution in [2.45, 2.75) is 18.1 Å². The van der Waals surface area contributed by atoms with E-state index in [4.69, 9.17) is 0 Å². The van der Waals surface area contributed by atoms with Gasteiger partial charge in [0.15, 0.2) is 0 Å². The van der Waals surface area contributed by atoms with Crippen LogP contribution in [0.1, 0.15) is 21.5 Å². The fourth-order valence-electron chi connectivity index (χ4n) is 2.05. The number of halogens is 3. The first-order valence-corrected chi connectivity index (χ1v) is 8.48. The number of aromatic nitrogens is 1. The van der Waals surface area contributed by atoms with Crippen LogP contribution in [0, 0.1) is 6.92 Å². The van der Waals surface area contributed by atoms with Crippen LogP contribution >= 0.6 is 11.8 Å². The van der Waals surface area contributed by atoms with E-state index in [1.54, 1.807) is 25.1 Å². The lowest BCUT2D eigenvalue weighted by molar-refractivity contribution is -0.137. The largest absolute Gasteiger partial charge is 0.417 e. The lowest BCUT2D eigenvalue weighted by Crippen LogP contribution is -2.19. The molecule has 2 rings (SSSR count). The minimum Gasteiger partial charge on any atom is -0.355 e. The summed E-state index contributed by atoms with van der Waals surface area (Å²) in [6.07, 6.45) is -3.70. The molecule has 0 unspecified atom stereocenters. The van der Waals surface area contributed by atoms with Crippen molar-refractivity contribution in [1.82, 2.24) is 10.3 Å². The van der Waals surface area contributed by atoms with Crippen molar-refractivity contribution in [1.29, 1.82) is 0 Å². The number of amides is 2. The van der Waals surface area contributed by atoms with Crippen molar-refractivity contribution >= 4 is 29.3 Å². The van der Waals surface area contributed by atoms with Crippen LogP contribution in [0.4, 0.5) is 18.9 Å². The van der Waals surface area contributed by atoms with E-state index in [-0.39, 0.29) is 17.6 Å². The summed E-state index contributed by atoms with van der Waals surface area (Å²) in [5, 5.41) is 5.53. The number of nitrogens with one attached hydrogen (secondary N) is 2. The van der Waals surface area contributed by atoms with Gasteiger partial charge < -0.3 is 10.6 Å². The predicted octanol–water partition coefficient (Wildman–Crippen LogP) is 3.50. The van der Waals surface area contributed by atoms with Crippen molar-refractivity contribution in [2.75, 3.05) is 18.1 Å². The van der Waals surface area contributed by atoms with Crippen LogP contribution in [0.25, 0.3) is 0 Å². The molecule has 9 heteroatoms. The van der Waals surface area contributed by atoms with Crippen LogP contribution in [-0.2, 0) is 11.0 Å². The Morgan fingerprint density at radius 1 is 1.19 bits per heavy atom. The van der Waals surface area contributed by atoms with E-state index >= 15 is 0 Å². The topological polar surface area (TPSA) is 71.1 Å². The molecule has 1 heterocycles. The number of pyridine rings is 1. The number of carbonyl (C=O) groups is 2. The summed E-state index contributed by atoms with van der Waals surface area (Å²) in [5.74, 6) is -0.558. The van der Waals surface area contributed by atoms with Crippen molar-refractivity contribution in [3.63, 3.8) is 0 Å². The van der Waals surface area contributed by atoms with Gasteiger partial charge in [0.05, 0.1) is 16.3 Å². The van der Waals surface area contributed by atoms with Gasteiger partial charge in [-0.25, -0.2) is 4.98 Å². The Hall–Kier alpha value is -2.55. The lowest BCUT2D eigenvalue weighted by atomic mass is 10.1. The second-order valence-corrected chi connectivity index (χ2v) is 6.32. The quantitative estimate of drug-likeness (QED) is 0.776. The smallest absolute Gasteiger partial charge is 0.355 e. The monoisotopic (exact) mass is 383 g/mol. The number of hydrogen-bond acceptors (Lipinski definition) is 4. The Morgan fingerprint density at radius 2 is 1.92 bits per heavy atom. The molecule has 138 valence electrons. The Morgan fingerprint density at radius 3 is 2.46 bits per heavy atom. The molecule has 2 aromatic rings. The fraction of sp³-hybridized carbons (Fsp3) is 0.235. The third kappa shape index (κ3) is 5.22. The molecule has 0 aliphatic heterocycles. The summed E-state index contributed by atoms with van der Waals surface area (Å²) in [6.45, 7) is 1.76. The van der Waals surface area contributed by atoms with E-state index in [0.29, 0.717) is 16.3 Å². The Labute approximate surface area is 152 Å². The first kappa shape index (κ1) is 19.8. The molecule has 2 N–H and O–H groups in total. The zero-order valence-corrected chi connectivity index (χ0v) is 14.8. The SMILES string of the molecule is CNC(=O)c1ccc(NC(=O)CSc2ccc(C(F)(F)F)cn2)c(C)c1. The van der Waals surface area contributed by atoms with Crippen LogP contribution in [0.5, 0.6) is 0 Å². The van der Waals surface area contributed by atoms with Gasteiger partial charge in [0.2, 0.25) is 5.91 Å². The summed E-state index contributed by atoms with van der Waals surface area (Å²) in [4.78, 5) is 27.3. The van der Waals surface area contributed by atoms with Gasteiger partial charge in [-0.1, -0.05) is 11.8 Å². The highest BCUT2D eigenvalue weighted by Crippen LogP contribution is 2.29. The minimum atomic E-state index is -4.44. The van der Waals surface area contributed by atoms with Crippen LogP contribution in [0.3, 0.4) is 0 Å². The summed E-state index contributed by atoms with van der Waals surface area (Å²) < 4.78 is 37.4. The maximum Gasteiger partial charge on any atom is 0.417 e. The molecule has 0 aliphatic carbocycles. The van der Waals surface area contributed by atoms with Crippen molar-refractivity contribution < 1.29 is 22.8 Å². The number of hydrogen-bond donors (Lipinski definition) is 2. The predicted molar refractivity (Wildman–Crippen MR) is 93.2 cm³/mol. The fourth-order valence-corrected chi connectivity index (χ4v) is 2.69. The second-order valence-electron chi connectivity index (χ2n) is 5.33. The van der Waals surface area contributed by atoms with E-state index in [9.17, 15) is 22.8 Å². The van der Waals surface area contributed by atoms with E-state index in [1.165, 1.54) is 13.1 Å². The third-order valence-electron chi connectivity index (χ3n) is 3.40. The zero-order valence-electron chi connectivity index (χ0n) is 14.0. The lowest BCUT2D eigenvalue weighted by Gasteiger charge is -2.10. The normalized spacial score (nSPS) is 11.1. The highest BCUT2D eigenvalue weighted by Gasteiger charge is 2.30. The van der Waals surface area contributed by atoms with Crippen LogP contribution in [-0.4, -0.2) is 29.6 Å². The molecule has 0 bridgehead atoms. The molecular weight excluding hydrogens is 367 g/mol. The maximum absolute atomic E-state index is 12.5. The highest BCUT2D eigenvalue weighted by molar-refractivity contribution is 7.99. The molecule has 0 saturated carbocycles. The van der Waals surface area contributed by atoms with Crippen molar-refractivity contribution in [3.05, 3.63) is 53.2 Å². The molecule has 0 atom stereocenters. The third-order valence-corrected chi connectivity index (χ3v) is 4.35. The molecule has 0 saturated heterocycles. The van der Waals surface area contributed by atoms with E-state index in [1.807, 2.05) is 0 Å². The first-order valence-electron chi connectivity index (χ1n) is 7.49. The number of thioether (sulfide) groups is 1. The van der Waals surface area contributed by atoms with E-state index in [0.717, 1.165) is 29.6 Å². The summed E-state index contributed by atoms with van der Waals surface area (Å²) in [7, 11) is 1.53. The zero-order chi connectivity index (χ0) is 19.3. The number of aryl methyl sites for hydroxylation is 1. The summed E-state index contributed by atoms with van der Waals surface area (Å²) >= 11 is 1.03. The number of benzene rings is 1. The maximum atomic E-state index is 12.5. The molecule has 5 nitrogen and oxygen atoms in total. The summed E-state index contributed by atoms with van der Waals surface area (Å²) in [6, 6.07) is 7.02. The van der Waals surface area contributed by atoms with Gasteiger partial charge in [0.25, 0.3) is 5.91 Å². The van der Waals surface area contributed by atoms with Crippen LogP contribution in [0.2, 0.25) is 0 Å². The molecule has 0 fully saturated rings. The highest BCUT2D eigenvalue weighted by atomic mass is 32.2. The molecule has 0 aliphatic rings. The number of rotatable bonds is 5. The van der Waals surface area contributed by atoms with Gasteiger partial charge in [-0.3, -0.25) is 9.59 Å². The van der Waals surface area contributed by atoms with Gasteiger partial charge in [-0.2, -0.15) is 13.2 Å². The molecular formula is C17H16F3N3O2S. The van der Waals surface area contributed by atoms with Crippen LogP contribution < -0.4 is 10.6 Å². The number of anilines is 1. The first-order chi connectivity index (χ1) is 12.2. The molecule has 0 radical (unpaired) electrons. The molecule has 0 spiro atoms. The van der Waals surface area contributed by atoms with Crippen molar-refractivity contribution in [3.8, 4) is 0 Å². The van der Waals surface area contributed by atoms with Crippen molar-refractivity contribution in [2.24, 2.45) is 0 Å². The standard InChI is InChI=1S/C17H16F3N3O2S/c1-10-7-11(16(25)21-2)3-5-13(10)23-14(24)9-26-15-6-4-12(8-22-15)17(18,19)20/h3-8H,9H2,1-2H3,(H,21,25)(H,23,24). The number of carbonyl (C=O) groups excluding carboxylic acids is 2.